The molecule has 1 aliphatic carbocycles. The van der Waals surface area contributed by atoms with Crippen molar-refractivity contribution in [3.05, 3.63) is 0 Å². The Labute approximate surface area is 102 Å². The Hall–Kier alpha value is -1.26. The van der Waals surface area contributed by atoms with Gasteiger partial charge in [0.1, 0.15) is 5.54 Å². The molecule has 0 aromatic rings. The van der Waals surface area contributed by atoms with E-state index in [1.165, 1.54) is 0 Å². The molecule has 0 heterocycles. The molecule has 0 atom stereocenters. The van der Waals surface area contributed by atoms with Crippen LogP contribution in [0.2, 0.25) is 0 Å². The maximum Gasteiger partial charge on any atom is 0.223 e. The highest BCUT2D eigenvalue weighted by Gasteiger charge is 2.37. The van der Waals surface area contributed by atoms with Crippen molar-refractivity contribution in [1.29, 1.82) is 0 Å². The minimum Gasteiger partial charge on any atom is -0.409 e. The molecule has 1 rings (SSSR count). The fourth-order valence-electron chi connectivity index (χ4n) is 2.25. The van der Waals surface area contributed by atoms with E-state index in [2.05, 4.69) is 10.5 Å². The van der Waals surface area contributed by atoms with E-state index < -0.39 is 5.54 Å². The number of oxime groups is 1. The average Bonchev–Trinajstić information content (AvgIpc) is 2.54. The zero-order valence-corrected chi connectivity index (χ0v) is 10.7. The van der Waals surface area contributed by atoms with Gasteiger partial charge in [0.25, 0.3) is 0 Å². The van der Waals surface area contributed by atoms with Crippen LogP contribution < -0.4 is 11.1 Å². The molecule has 0 aliphatic heterocycles. The molecule has 0 unspecified atom stereocenters. The van der Waals surface area contributed by atoms with Crippen molar-refractivity contribution >= 4 is 11.7 Å². The van der Waals surface area contributed by atoms with Crippen molar-refractivity contribution in [1.82, 2.24) is 5.32 Å². The van der Waals surface area contributed by atoms with Crippen molar-refractivity contribution in [2.45, 2.75) is 57.9 Å². The molecule has 17 heavy (non-hydrogen) atoms. The van der Waals surface area contributed by atoms with Crippen LogP contribution in [0.15, 0.2) is 5.16 Å². The molecule has 1 saturated carbocycles. The average molecular weight is 241 g/mol. The second-order valence-corrected chi connectivity index (χ2v) is 5.13. The van der Waals surface area contributed by atoms with Gasteiger partial charge in [-0.05, 0) is 12.8 Å². The Balaban J connectivity index is 2.88. The number of hydrogen-bond donors (Lipinski definition) is 3. The van der Waals surface area contributed by atoms with E-state index in [1.54, 1.807) is 0 Å². The summed E-state index contributed by atoms with van der Waals surface area (Å²) >= 11 is 0. The Morgan fingerprint density at radius 3 is 2.24 bits per heavy atom. The number of hydrogen-bond acceptors (Lipinski definition) is 3. The van der Waals surface area contributed by atoms with Crippen molar-refractivity contribution in [3.63, 3.8) is 0 Å². The molecule has 1 fully saturated rings. The highest BCUT2D eigenvalue weighted by Crippen LogP contribution is 2.27. The van der Waals surface area contributed by atoms with Gasteiger partial charge in [0.15, 0.2) is 5.84 Å². The van der Waals surface area contributed by atoms with Gasteiger partial charge in [-0.3, -0.25) is 4.79 Å². The molecule has 0 aromatic carbocycles. The highest BCUT2D eigenvalue weighted by molar-refractivity contribution is 5.94. The number of amides is 1. The van der Waals surface area contributed by atoms with Crippen LogP contribution in [0, 0.1) is 5.92 Å². The first-order valence-corrected chi connectivity index (χ1v) is 6.32. The molecule has 0 aromatic heterocycles. The summed E-state index contributed by atoms with van der Waals surface area (Å²) in [7, 11) is 0. The summed E-state index contributed by atoms with van der Waals surface area (Å²) in [5.74, 6) is -0.00600. The third-order valence-electron chi connectivity index (χ3n) is 3.44. The summed E-state index contributed by atoms with van der Waals surface area (Å²) < 4.78 is 0. The first-order valence-electron chi connectivity index (χ1n) is 6.32. The molecule has 1 amide bonds. The lowest BCUT2D eigenvalue weighted by atomic mass is 9.88. The summed E-state index contributed by atoms with van der Waals surface area (Å²) in [5.41, 5.74) is 5.14. The number of nitrogens with zero attached hydrogens (tertiary/aromatic N) is 1. The molecule has 98 valence electrons. The molecule has 0 radical (unpaired) electrons. The van der Waals surface area contributed by atoms with Gasteiger partial charge in [0.05, 0.1) is 0 Å². The molecular weight excluding hydrogens is 218 g/mol. The maximum absolute atomic E-state index is 11.8. The Morgan fingerprint density at radius 1 is 1.29 bits per heavy atom. The summed E-state index contributed by atoms with van der Waals surface area (Å²) in [6, 6.07) is 0. The van der Waals surface area contributed by atoms with Crippen LogP contribution in [0.25, 0.3) is 0 Å². The zero-order valence-electron chi connectivity index (χ0n) is 10.7. The predicted molar refractivity (Wildman–Crippen MR) is 66.8 cm³/mol. The third-order valence-corrected chi connectivity index (χ3v) is 3.44. The van der Waals surface area contributed by atoms with Gasteiger partial charge in [0.2, 0.25) is 5.91 Å². The Bertz CT molecular complexity index is 292. The SMILES string of the molecule is CC(C)C(=O)NC1(/C(N)=N/O)CCCCCC1. The van der Waals surface area contributed by atoms with Gasteiger partial charge in [-0.25, -0.2) is 0 Å². The predicted octanol–water partition coefficient (Wildman–Crippen LogP) is 1.60. The van der Waals surface area contributed by atoms with Crippen LogP contribution in [-0.4, -0.2) is 22.5 Å². The second kappa shape index (κ2) is 5.89. The highest BCUT2D eigenvalue weighted by atomic mass is 16.4. The molecule has 5 nitrogen and oxygen atoms in total. The molecule has 0 saturated heterocycles. The smallest absolute Gasteiger partial charge is 0.223 e. The van der Waals surface area contributed by atoms with Gasteiger partial charge in [-0.1, -0.05) is 44.7 Å². The van der Waals surface area contributed by atoms with Gasteiger partial charge in [-0.2, -0.15) is 0 Å². The molecule has 1 aliphatic rings. The maximum atomic E-state index is 11.8. The van der Waals surface area contributed by atoms with E-state index in [4.69, 9.17) is 10.9 Å². The van der Waals surface area contributed by atoms with Crippen molar-refractivity contribution in [3.8, 4) is 0 Å². The standard InChI is InChI=1S/C12H23N3O2/c1-9(2)10(16)14-12(11(13)15-17)7-5-3-4-6-8-12/h9,17H,3-8H2,1-2H3,(H2,13,15)(H,14,16). The number of carbonyl (C=O) groups excluding carboxylic acids is 1. The number of nitrogens with one attached hydrogen (secondary N) is 1. The van der Waals surface area contributed by atoms with Crippen molar-refractivity contribution in [2.24, 2.45) is 16.8 Å². The number of nitrogens with two attached hydrogens (primary N) is 1. The summed E-state index contributed by atoms with van der Waals surface area (Å²) in [4.78, 5) is 11.8. The Morgan fingerprint density at radius 2 is 1.82 bits per heavy atom. The monoisotopic (exact) mass is 241 g/mol. The van der Waals surface area contributed by atoms with Gasteiger partial charge in [0, 0.05) is 5.92 Å². The van der Waals surface area contributed by atoms with Gasteiger partial charge >= 0.3 is 0 Å². The first kappa shape index (κ1) is 13.8. The van der Waals surface area contributed by atoms with E-state index in [1.807, 2.05) is 13.8 Å². The van der Waals surface area contributed by atoms with Crippen LogP contribution in [0.1, 0.15) is 52.4 Å². The third kappa shape index (κ3) is 3.35. The lowest BCUT2D eigenvalue weighted by Crippen LogP contribution is -2.58. The minimum absolute atomic E-state index is 0.0431. The van der Waals surface area contributed by atoms with E-state index in [9.17, 15) is 4.79 Å². The fourth-order valence-corrected chi connectivity index (χ4v) is 2.25. The number of rotatable bonds is 3. The van der Waals surface area contributed by atoms with Gasteiger partial charge < -0.3 is 16.3 Å². The molecular formula is C12H23N3O2. The normalized spacial score (nSPS) is 21.0. The van der Waals surface area contributed by atoms with Crippen molar-refractivity contribution in [2.75, 3.05) is 0 Å². The van der Waals surface area contributed by atoms with Gasteiger partial charge in [-0.15, -0.1) is 0 Å². The molecule has 4 N–H and O–H groups in total. The fraction of sp³-hybridized carbons (Fsp3) is 0.833. The molecule has 0 spiro atoms. The zero-order chi connectivity index (χ0) is 12.9. The molecule has 0 bridgehead atoms. The van der Waals surface area contributed by atoms with Crippen LogP contribution in [0.3, 0.4) is 0 Å². The largest absolute Gasteiger partial charge is 0.409 e. The van der Waals surface area contributed by atoms with E-state index in [0.29, 0.717) is 0 Å². The minimum atomic E-state index is -0.646. The van der Waals surface area contributed by atoms with Crippen molar-refractivity contribution < 1.29 is 10.0 Å². The summed E-state index contributed by atoms with van der Waals surface area (Å²) in [6.45, 7) is 3.68. The second-order valence-electron chi connectivity index (χ2n) is 5.13. The quantitative estimate of drug-likeness (QED) is 0.230. The summed E-state index contributed by atoms with van der Waals surface area (Å²) in [6.07, 6.45) is 5.77. The lowest BCUT2D eigenvalue weighted by molar-refractivity contribution is -0.125. The first-order chi connectivity index (χ1) is 8.02. The van der Waals surface area contributed by atoms with E-state index >= 15 is 0 Å². The Kier molecular flexibility index (Phi) is 4.78. The number of carbonyl (C=O) groups is 1. The molecule has 5 heteroatoms. The number of amidine groups is 1. The van der Waals surface area contributed by atoms with E-state index in [-0.39, 0.29) is 17.7 Å². The summed E-state index contributed by atoms with van der Waals surface area (Å²) in [5, 5.41) is 15.0. The van der Waals surface area contributed by atoms with Crippen LogP contribution in [0.4, 0.5) is 0 Å². The van der Waals surface area contributed by atoms with E-state index in [0.717, 1.165) is 38.5 Å². The van der Waals surface area contributed by atoms with Crippen LogP contribution >= 0.6 is 0 Å². The van der Waals surface area contributed by atoms with Crippen LogP contribution in [0.5, 0.6) is 0 Å². The topological polar surface area (TPSA) is 87.7 Å². The lowest BCUT2D eigenvalue weighted by Gasteiger charge is -2.33. The van der Waals surface area contributed by atoms with Crippen LogP contribution in [-0.2, 0) is 4.79 Å².